The number of thiazole rings is 1. The Morgan fingerprint density at radius 3 is 2.53 bits per heavy atom. The van der Waals surface area contributed by atoms with Crippen LogP contribution in [0.3, 0.4) is 0 Å². The summed E-state index contributed by atoms with van der Waals surface area (Å²) in [6.45, 7) is -0.231. The summed E-state index contributed by atoms with van der Waals surface area (Å²) >= 11 is 7.09. The second-order valence-corrected chi connectivity index (χ2v) is 7.50. The lowest BCUT2D eigenvalue weighted by molar-refractivity contribution is -0.121. The number of aryl methyl sites for hydroxylation is 1. The zero-order chi connectivity index (χ0) is 21.5. The predicted molar refractivity (Wildman–Crippen MR) is 113 cm³/mol. The Kier molecular flexibility index (Phi) is 7.31. The molecule has 0 aliphatic carbocycles. The van der Waals surface area contributed by atoms with Crippen molar-refractivity contribution >= 4 is 45.7 Å². The van der Waals surface area contributed by atoms with Crippen molar-refractivity contribution in [2.75, 3.05) is 10.6 Å². The van der Waals surface area contributed by atoms with Crippen LogP contribution in [0, 0.1) is 11.6 Å². The average Bonchev–Trinajstić information content (AvgIpc) is 3.13. The van der Waals surface area contributed by atoms with Crippen molar-refractivity contribution in [3.05, 3.63) is 75.8 Å². The molecule has 1 heterocycles. The lowest BCUT2D eigenvalue weighted by Gasteiger charge is -2.07. The average molecular weight is 451 g/mol. The molecule has 0 bridgehead atoms. The summed E-state index contributed by atoms with van der Waals surface area (Å²) in [5, 5.41) is 10.3. The number of anilines is 2. The number of benzene rings is 2. The summed E-state index contributed by atoms with van der Waals surface area (Å²) in [4.78, 5) is 28.2. The van der Waals surface area contributed by atoms with E-state index < -0.39 is 17.7 Å². The topological polar surface area (TPSA) is 83.1 Å². The minimum atomic E-state index is -0.707. The van der Waals surface area contributed by atoms with Crippen LogP contribution in [-0.4, -0.2) is 16.9 Å². The lowest BCUT2D eigenvalue weighted by Crippen LogP contribution is -2.24. The van der Waals surface area contributed by atoms with Crippen molar-refractivity contribution in [2.45, 2.75) is 19.4 Å². The van der Waals surface area contributed by atoms with Gasteiger partial charge >= 0.3 is 6.03 Å². The van der Waals surface area contributed by atoms with E-state index >= 15 is 0 Å². The van der Waals surface area contributed by atoms with E-state index in [9.17, 15) is 18.4 Å². The molecule has 3 N–H and O–H groups in total. The Bertz CT molecular complexity index is 1040. The van der Waals surface area contributed by atoms with Gasteiger partial charge < -0.3 is 10.6 Å². The summed E-state index contributed by atoms with van der Waals surface area (Å²) < 4.78 is 27.1. The molecule has 3 amide bonds. The first kappa shape index (κ1) is 21.7. The maximum Gasteiger partial charge on any atom is 0.325 e. The number of halogens is 3. The molecule has 10 heteroatoms. The fraction of sp³-hybridized carbons (Fsp3) is 0.150. The number of hydrogen-bond donors (Lipinski definition) is 3. The maximum absolute atomic E-state index is 13.6. The molecule has 156 valence electrons. The number of carbonyl (C=O) groups is 2. The van der Waals surface area contributed by atoms with Crippen molar-refractivity contribution in [3.8, 4) is 0 Å². The van der Waals surface area contributed by atoms with Crippen LogP contribution in [0.4, 0.5) is 24.4 Å². The van der Waals surface area contributed by atoms with Crippen LogP contribution in [-0.2, 0) is 17.8 Å². The monoisotopic (exact) mass is 450 g/mol. The third kappa shape index (κ3) is 6.23. The van der Waals surface area contributed by atoms with Gasteiger partial charge in [0.1, 0.15) is 11.6 Å². The number of urea groups is 1. The first-order valence-corrected chi connectivity index (χ1v) is 10.1. The zero-order valence-corrected chi connectivity index (χ0v) is 17.1. The zero-order valence-electron chi connectivity index (χ0n) is 15.5. The molecule has 0 spiro atoms. The maximum atomic E-state index is 13.6. The largest absolute Gasteiger partial charge is 0.352 e. The van der Waals surface area contributed by atoms with Crippen molar-refractivity contribution in [2.24, 2.45) is 0 Å². The van der Waals surface area contributed by atoms with Crippen LogP contribution in [0.15, 0.2) is 47.8 Å². The molecule has 0 atom stereocenters. The van der Waals surface area contributed by atoms with Gasteiger partial charge in [0, 0.05) is 34.6 Å². The van der Waals surface area contributed by atoms with Crippen LogP contribution in [0.2, 0.25) is 5.02 Å². The number of hydrogen-bond acceptors (Lipinski definition) is 4. The van der Waals surface area contributed by atoms with Crippen LogP contribution in [0.25, 0.3) is 0 Å². The van der Waals surface area contributed by atoms with E-state index in [2.05, 4.69) is 20.9 Å². The van der Waals surface area contributed by atoms with E-state index in [1.807, 2.05) is 0 Å². The molecule has 0 unspecified atom stereocenters. The molecule has 0 fully saturated rings. The Hall–Kier alpha value is -3.04. The van der Waals surface area contributed by atoms with Crippen LogP contribution in [0.1, 0.15) is 17.7 Å². The molecular formula is C20H17ClF2N4O2S. The van der Waals surface area contributed by atoms with Crippen molar-refractivity contribution in [1.29, 1.82) is 0 Å². The van der Waals surface area contributed by atoms with Gasteiger partial charge in [-0.2, -0.15) is 0 Å². The van der Waals surface area contributed by atoms with Crippen LogP contribution in [0.5, 0.6) is 0 Å². The molecule has 2 aromatic carbocycles. The fourth-order valence-electron chi connectivity index (χ4n) is 2.52. The quantitative estimate of drug-likeness (QED) is 0.475. The number of aromatic nitrogens is 1. The highest BCUT2D eigenvalue weighted by Crippen LogP contribution is 2.19. The third-order valence-corrected chi connectivity index (χ3v) is 5.03. The van der Waals surface area contributed by atoms with Gasteiger partial charge in [-0.15, -0.1) is 11.3 Å². The van der Waals surface area contributed by atoms with Gasteiger partial charge in [-0.1, -0.05) is 23.7 Å². The number of rotatable bonds is 7. The minimum absolute atomic E-state index is 0.0912. The standard InChI is InChI=1S/C20H17ClF2N4O2S/c21-12-3-1-4-13(9-12)25-19(29)27-20-26-14(11-30-20)7-8-18(28)24-10-15-16(22)5-2-6-17(15)23/h1-6,9,11H,7-8,10H2,(H,24,28)(H2,25,26,27,29). The third-order valence-electron chi connectivity index (χ3n) is 3.99. The number of nitrogens with zero attached hydrogens (tertiary/aromatic N) is 1. The van der Waals surface area contributed by atoms with Crippen LogP contribution >= 0.6 is 22.9 Å². The highest BCUT2D eigenvalue weighted by atomic mass is 35.5. The van der Waals surface area contributed by atoms with E-state index in [-0.39, 0.29) is 24.4 Å². The highest BCUT2D eigenvalue weighted by Gasteiger charge is 2.12. The smallest absolute Gasteiger partial charge is 0.325 e. The van der Waals surface area contributed by atoms with E-state index in [0.29, 0.717) is 28.0 Å². The highest BCUT2D eigenvalue weighted by molar-refractivity contribution is 7.13. The molecule has 1 aromatic heterocycles. The molecule has 0 aliphatic rings. The summed E-state index contributed by atoms with van der Waals surface area (Å²) in [6, 6.07) is 9.78. The molecule has 6 nitrogen and oxygen atoms in total. The second-order valence-electron chi connectivity index (χ2n) is 6.21. The molecular weight excluding hydrogens is 434 g/mol. The second kappa shape index (κ2) is 10.1. The molecule has 30 heavy (non-hydrogen) atoms. The summed E-state index contributed by atoms with van der Waals surface area (Å²) in [6.07, 6.45) is 0.410. The van der Waals surface area contributed by atoms with Gasteiger partial charge in [-0.25, -0.2) is 18.6 Å². The van der Waals surface area contributed by atoms with Crippen LogP contribution < -0.4 is 16.0 Å². The molecule has 0 saturated heterocycles. The number of carbonyl (C=O) groups excluding carboxylic acids is 2. The van der Waals surface area contributed by atoms with E-state index in [0.717, 1.165) is 12.1 Å². The van der Waals surface area contributed by atoms with Crippen molar-refractivity contribution < 1.29 is 18.4 Å². The molecule has 0 aliphatic heterocycles. The van der Waals surface area contributed by atoms with Gasteiger partial charge in [0.15, 0.2) is 5.13 Å². The van der Waals surface area contributed by atoms with E-state index in [1.54, 1.807) is 29.6 Å². The molecule has 0 radical (unpaired) electrons. The Labute approximate surface area is 180 Å². The van der Waals surface area contributed by atoms with E-state index in [1.165, 1.54) is 17.4 Å². The van der Waals surface area contributed by atoms with Gasteiger partial charge in [-0.3, -0.25) is 10.1 Å². The summed E-state index contributed by atoms with van der Waals surface area (Å²) in [7, 11) is 0. The van der Waals surface area contributed by atoms with Gasteiger partial charge in [0.05, 0.1) is 5.69 Å². The number of amides is 3. The number of nitrogens with one attached hydrogen (secondary N) is 3. The Morgan fingerprint density at radius 2 is 1.80 bits per heavy atom. The first-order valence-electron chi connectivity index (χ1n) is 8.88. The Balaban J connectivity index is 1.44. The fourth-order valence-corrected chi connectivity index (χ4v) is 3.45. The summed E-state index contributed by atoms with van der Waals surface area (Å²) in [5.41, 5.74) is 0.974. The first-order chi connectivity index (χ1) is 14.4. The van der Waals surface area contributed by atoms with Gasteiger partial charge in [0.2, 0.25) is 5.91 Å². The lowest BCUT2D eigenvalue weighted by atomic mass is 10.2. The van der Waals surface area contributed by atoms with Crippen molar-refractivity contribution in [3.63, 3.8) is 0 Å². The van der Waals surface area contributed by atoms with Gasteiger partial charge in [0.25, 0.3) is 0 Å². The molecule has 0 saturated carbocycles. The van der Waals surface area contributed by atoms with E-state index in [4.69, 9.17) is 11.6 Å². The predicted octanol–water partition coefficient (Wildman–Crippen LogP) is 4.97. The molecule has 3 aromatic rings. The van der Waals surface area contributed by atoms with Gasteiger partial charge in [-0.05, 0) is 36.8 Å². The normalized spacial score (nSPS) is 10.5. The minimum Gasteiger partial charge on any atom is -0.352 e. The summed E-state index contributed by atoms with van der Waals surface area (Å²) in [5.74, 6) is -1.78. The Morgan fingerprint density at radius 1 is 1.07 bits per heavy atom. The van der Waals surface area contributed by atoms with Crippen molar-refractivity contribution in [1.82, 2.24) is 10.3 Å². The SMILES string of the molecule is O=C(CCc1csc(NC(=O)Nc2cccc(Cl)c2)n1)NCc1c(F)cccc1F. The molecule has 3 rings (SSSR count).